The second kappa shape index (κ2) is 11.5. The fourth-order valence-corrected chi connectivity index (χ4v) is 5.34. The Balaban J connectivity index is 1.52. The van der Waals surface area contributed by atoms with Crippen LogP contribution in [0.1, 0.15) is 27.0 Å². The van der Waals surface area contributed by atoms with Gasteiger partial charge in [-0.05, 0) is 88.2 Å². The number of halogens is 2. The van der Waals surface area contributed by atoms with E-state index < -0.39 is 11.8 Å². The second-order valence-corrected chi connectivity index (χ2v) is 10.7. The summed E-state index contributed by atoms with van der Waals surface area (Å²) >= 11 is 15.9. The van der Waals surface area contributed by atoms with Crippen LogP contribution in [-0.2, 0) is 11.4 Å². The Morgan fingerprint density at radius 1 is 1.19 bits per heavy atom. The van der Waals surface area contributed by atoms with Crippen LogP contribution in [0.5, 0.6) is 11.5 Å². The maximum atomic E-state index is 13.0. The number of amides is 2. The van der Waals surface area contributed by atoms with E-state index in [1.165, 1.54) is 6.07 Å². The van der Waals surface area contributed by atoms with E-state index in [-0.39, 0.29) is 4.32 Å². The van der Waals surface area contributed by atoms with E-state index in [4.69, 9.17) is 33.3 Å². The number of carbonyl (C=O) groups is 2. The van der Waals surface area contributed by atoms with Crippen LogP contribution in [0.15, 0.2) is 70.0 Å². The summed E-state index contributed by atoms with van der Waals surface area (Å²) in [6.07, 6.45) is 1.68. The summed E-state index contributed by atoms with van der Waals surface area (Å²) in [5, 5.41) is 1.47. The van der Waals surface area contributed by atoms with Crippen LogP contribution in [0, 0.1) is 6.92 Å². The molecule has 6 nitrogen and oxygen atoms in total. The van der Waals surface area contributed by atoms with Crippen molar-refractivity contribution in [3.8, 4) is 11.5 Å². The molecule has 3 aromatic rings. The number of thioether (sulfide) groups is 1. The highest BCUT2D eigenvalue weighted by Gasteiger charge is 2.34. The first-order valence-corrected chi connectivity index (χ1v) is 13.1. The van der Waals surface area contributed by atoms with Crippen molar-refractivity contribution in [1.82, 2.24) is 10.4 Å². The van der Waals surface area contributed by atoms with Gasteiger partial charge >= 0.3 is 0 Å². The monoisotopic (exact) mass is 602 g/mol. The van der Waals surface area contributed by atoms with E-state index in [0.717, 1.165) is 27.9 Å². The molecule has 0 unspecified atom stereocenters. The molecule has 0 bridgehead atoms. The number of nitrogens with zero attached hydrogens (tertiary/aromatic N) is 1. The molecule has 4 rings (SSSR count). The predicted octanol–water partition coefficient (Wildman–Crippen LogP) is 6.54. The highest BCUT2D eigenvalue weighted by atomic mass is 79.9. The van der Waals surface area contributed by atoms with Crippen molar-refractivity contribution in [3.63, 3.8) is 0 Å². The lowest BCUT2D eigenvalue weighted by atomic mass is 10.1. The molecule has 1 aliphatic heterocycles. The molecule has 3 aromatic carbocycles. The fourth-order valence-electron chi connectivity index (χ4n) is 3.40. The average molecular weight is 604 g/mol. The first-order valence-electron chi connectivity index (χ1n) is 10.7. The summed E-state index contributed by atoms with van der Waals surface area (Å²) in [5.41, 5.74) is 5.76. The number of nitrogens with one attached hydrogen (secondary N) is 1. The largest absolute Gasteiger partial charge is 0.493 e. The van der Waals surface area contributed by atoms with E-state index in [9.17, 15) is 9.59 Å². The van der Waals surface area contributed by atoms with E-state index >= 15 is 0 Å². The molecule has 1 N–H and O–H groups in total. The quantitative estimate of drug-likeness (QED) is 0.244. The summed E-state index contributed by atoms with van der Waals surface area (Å²) in [5.74, 6) is 0.137. The molecule has 1 saturated heterocycles. The number of benzene rings is 3. The first-order chi connectivity index (χ1) is 17.3. The Morgan fingerprint density at radius 2 is 1.97 bits per heavy atom. The molecule has 0 radical (unpaired) electrons. The number of ether oxygens (including phenoxy) is 2. The summed E-state index contributed by atoms with van der Waals surface area (Å²) in [4.78, 5) is 25.9. The minimum atomic E-state index is -0.491. The maximum absolute atomic E-state index is 13.0. The predicted molar refractivity (Wildman–Crippen MR) is 150 cm³/mol. The van der Waals surface area contributed by atoms with Gasteiger partial charge in [0.05, 0.1) is 16.5 Å². The minimum absolute atomic E-state index is 0.214. The van der Waals surface area contributed by atoms with Crippen LogP contribution in [-0.4, -0.2) is 28.3 Å². The van der Waals surface area contributed by atoms with Crippen LogP contribution in [0.3, 0.4) is 0 Å². The van der Waals surface area contributed by atoms with Gasteiger partial charge in [-0.2, -0.15) is 5.01 Å². The molecule has 0 saturated carbocycles. The molecular formula is C26H20BrClN2O4S2. The number of rotatable bonds is 7. The third-order valence-electron chi connectivity index (χ3n) is 5.28. The SMILES string of the molecule is COc1cc(/C=C2\SC(=S)N(NC(=O)c3cccc(Cl)c3)C2=O)cc(Br)c1OCc1ccccc1C. The molecule has 36 heavy (non-hydrogen) atoms. The van der Waals surface area contributed by atoms with Gasteiger partial charge in [0.15, 0.2) is 15.8 Å². The third-order valence-corrected chi connectivity index (χ3v) is 7.40. The zero-order chi connectivity index (χ0) is 25.8. The second-order valence-electron chi connectivity index (χ2n) is 7.72. The molecule has 0 spiro atoms. The minimum Gasteiger partial charge on any atom is -0.493 e. The third kappa shape index (κ3) is 5.92. The molecular weight excluding hydrogens is 584 g/mol. The molecule has 0 atom stereocenters. The highest BCUT2D eigenvalue weighted by molar-refractivity contribution is 9.10. The number of methoxy groups -OCH3 is 1. The van der Waals surface area contributed by atoms with Gasteiger partial charge < -0.3 is 9.47 Å². The Bertz CT molecular complexity index is 1400. The van der Waals surface area contributed by atoms with Crippen molar-refractivity contribution in [1.29, 1.82) is 0 Å². The van der Waals surface area contributed by atoms with Crippen LogP contribution < -0.4 is 14.9 Å². The van der Waals surface area contributed by atoms with Crippen molar-refractivity contribution in [2.24, 2.45) is 0 Å². The van der Waals surface area contributed by atoms with Crippen molar-refractivity contribution in [2.45, 2.75) is 13.5 Å². The van der Waals surface area contributed by atoms with E-state index in [2.05, 4.69) is 21.4 Å². The van der Waals surface area contributed by atoms with Crippen molar-refractivity contribution < 1.29 is 19.1 Å². The summed E-state index contributed by atoms with van der Waals surface area (Å²) < 4.78 is 12.5. The van der Waals surface area contributed by atoms with Crippen LogP contribution >= 0.6 is 51.5 Å². The zero-order valence-corrected chi connectivity index (χ0v) is 23.2. The normalized spacial score (nSPS) is 14.3. The lowest BCUT2D eigenvalue weighted by molar-refractivity contribution is -0.123. The number of hydrazine groups is 1. The fraction of sp³-hybridized carbons (Fsp3) is 0.115. The maximum Gasteiger partial charge on any atom is 0.285 e. The van der Waals surface area contributed by atoms with Gasteiger partial charge in [-0.25, -0.2) is 0 Å². The lowest BCUT2D eigenvalue weighted by Gasteiger charge is -2.16. The van der Waals surface area contributed by atoms with Crippen molar-refractivity contribution in [2.75, 3.05) is 7.11 Å². The van der Waals surface area contributed by atoms with Gasteiger partial charge in [-0.15, -0.1) is 0 Å². The molecule has 184 valence electrons. The first kappa shape index (κ1) is 26.2. The highest BCUT2D eigenvalue weighted by Crippen LogP contribution is 2.39. The van der Waals surface area contributed by atoms with Crippen molar-refractivity contribution in [3.05, 3.63) is 97.3 Å². The Kier molecular flexibility index (Phi) is 8.35. The van der Waals surface area contributed by atoms with E-state index in [1.54, 1.807) is 37.5 Å². The number of carbonyl (C=O) groups excluding carboxylic acids is 2. The summed E-state index contributed by atoms with van der Waals surface area (Å²) in [6, 6.07) is 18.0. The molecule has 10 heteroatoms. The van der Waals surface area contributed by atoms with Crippen LogP contribution in [0.4, 0.5) is 0 Å². The molecule has 1 fully saturated rings. The van der Waals surface area contributed by atoms with Gasteiger partial charge in [0.2, 0.25) is 0 Å². The molecule has 1 aliphatic rings. The molecule has 2 amide bonds. The average Bonchev–Trinajstić information content (AvgIpc) is 3.11. The van der Waals surface area contributed by atoms with E-state index in [0.29, 0.717) is 43.6 Å². The Labute approximate surface area is 231 Å². The van der Waals surface area contributed by atoms with Gasteiger partial charge in [0.25, 0.3) is 11.8 Å². The number of hydrogen-bond acceptors (Lipinski definition) is 6. The van der Waals surface area contributed by atoms with Crippen LogP contribution in [0.25, 0.3) is 6.08 Å². The van der Waals surface area contributed by atoms with E-state index in [1.807, 2.05) is 37.3 Å². The van der Waals surface area contributed by atoms with Gasteiger partial charge in [0, 0.05) is 10.6 Å². The molecule has 0 aromatic heterocycles. The standard InChI is InChI=1S/C26H20BrClN2O4S2/c1-15-6-3-4-7-18(15)14-34-23-20(27)10-16(11-21(23)33-2)12-22-25(32)30(26(35)36-22)29-24(31)17-8-5-9-19(28)13-17/h3-13H,14H2,1-2H3,(H,29,31)/b22-12-. The number of thiocarbonyl (C=S) groups is 1. The Hall–Kier alpha value is -2.85. The number of aryl methyl sites for hydroxylation is 1. The molecule has 1 heterocycles. The Morgan fingerprint density at radius 3 is 2.69 bits per heavy atom. The summed E-state index contributed by atoms with van der Waals surface area (Å²) in [6.45, 7) is 2.41. The van der Waals surface area contributed by atoms with Crippen LogP contribution in [0.2, 0.25) is 5.02 Å². The lowest BCUT2D eigenvalue weighted by Crippen LogP contribution is -2.44. The van der Waals surface area contributed by atoms with Gasteiger partial charge in [0.1, 0.15) is 6.61 Å². The van der Waals surface area contributed by atoms with Gasteiger partial charge in [-0.1, -0.05) is 53.7 Å². The van der Waals surface area contributed by atoms with Gasteiger partial charge in [-0.3, -0.25) is 15.0 Å². The number of hydrogen-bond donors (Lipinski definition) is 1. The topological polar surface area (TPSA) is 67.9 Å². The molecule has 0 aliphatic carbocycles. The summed E-state index contributed by atoms with van der Waals surface area (Å²) in [7, 11) is 1.55. The van der Waals surface area contributed by atoms with Crippen molar-refractivity contribution >= 4 is 73.7 Å². The smallest absolute Gasteiger partial charge is 0.285 e. The zero-order valence-electron chi connectivity index (χ0n) is 19.2.